The standard InChI is InChI=1S/C16H14N2O2/c1-2-20-16(19)13-5-9-15(10-6-13)18-14-7-3-12(11-17)4-8-14/h3-10,18H,2H2,1H3. The summed E-state index contributed by atoms with van der Waals surface area (Å²) in [4.78, 5) is 11.5. The minimum Gasteiger partial charge on any atom is -0.462 e. The SMILES string of the molecule is CCOC(=O)c1ccc(Nc2ccc(C#N)cc2)cc1. The molecule has 2 aromatic carbocycles. The van der Waals surface area contributed by atoms with E-state index in [1.165, 1.54) is 0 Å². The molecule has 0 amide bonds. The third-order valence-electron chi connectivity index (χ3n) is 2.70. The van der Waals surface area contributed by atoms with Crippen LogP contribution in [-0.2, 0) is 4.74 Å². The van der Waals surface area contributed by atoms with Crippen molar-refractivity contribution < 1.29 is 9.53 Å². The number of benzene rings is 2. The maximum Gasteiger partial charge on any atom is 0.338 e. The van der Waals surface area contributed by atoms with Crippen LogP contribution in [-0.4, -0.2) is 12.6 Å². The summed E-state index contributed by atoms with van der Waals surface area (Å²) in [5.74, 6) is -0.322. The second-order valence-electron chi connectivity index (χ2n) is 4.11. The fourth-order valence-electron chi connectivity index (χ4n) is 1.70. The van der Waals surface area contributed by atoms with Crippen molar-refractivity contribution in [2.75, 3.05) is 11.9 Å². The minimum absolute atomic E-state index is 0.322. The van der Waals surface area contributed by atoms with Gasteiger partial charge in [-0.25, -0.2) is 4.79 Å². The summed E-state index contributed by atoms with van der Waals surface area (Å²) in [6.07, 6.45) is 0. The fraction of sp³-hybridized carbons (Fsp3) is 0.125. The van der Waals surface area contributed by atoms with Crippen LogP contribution in [0.25, 0.3) is 0 Å². The van der Waals surface area contributed by atoms with Crippen LogP contribution in [0.3, 0.4) is 0 Å². The number of nitrogens with one attached hydrogen (secondary N) is 1. The second-order valence-corrected chi connectivity index (χ2v) is 4.11. The first-order valence-corrected chi connectivity index (χ1v) is 6.27. The quantitative estimate of drug-likeness (QED) is 0.860. The molecule has 4 nitrogen and oxygen atoms in total. The molecule has 0 aromatic heterocycles. The molecular formula is C16H14N2O2. The van der Waals surface area contributed by atoms with Gasteiger partial charge in [-0.1, -0.05) is 0 Å². The average molecular weight is 266 g/mol. The lowest BCUT2D eigenvalue weighted by molar-refractivity contribution is 0.0526. The van der Waals surface area contributed by atoms with Crippen LogP contribution < -0.4 is 5.32 Å². The molecule has 0 radical (unpaired) electrons. The van der Waals surface area contributed by atoms with Gasteiger partial charge in [-0.3, -0.25) is 0 Å². The molecule has 0 unspecified atom stereocenters. The van der Waals surface area contributed by atoms with Gasteiger partial charge in [-0.05, 0) is 55.5 Å². The van der Waals surface area contributed by atoms with E-state index in [9.17, 15) is 4.79 Å². The summed E-state index contributed by atoms with van der Waals surface area (Å²) in [6.45, 7) is 2.14. The van der Waals surface area contributed by atoms with Gasteiger partial charge in [0.1, 0.15) is 0 Å². The highest BCUT2D eigenvalue weighted by molar-refractivity contribution is 5.89. The van der Waals surface area contributed by atoms with Crippen LogP contribution in [0.15, 0.2) is 48.5 Å². The number of hydrogen-bond acceptors (Lipinski definition) is 4. The molecule has 0 fully saturated rings. The molecule has 4 heteroatoms. The van der Waals surface area contributed by atoms with Crippen molar-refractivity contribution in [1.29, 1.82) is 5.26 Å². The molecular weight excluding hydrogens is 252 g/mol. The zero-order valence-corrected chi connectivity index (χ0v) is 11.1. The minimum atomic E-state index is -0.322. The van der Waals surface area contributed by atoms with E-state index in [1.54, 1.807) is 31.2 Å². The van der Waals surface area contributed by atoms with Crippen LogP contribution in [0, 0.1) is 11.3 Å². The van der Waals surface area contributed by atoms with Crippen LogP contribution in [0.5, 0.6) is 0 Å². The molecule has 0 saturated heterocycles. The summed E-state index contributed by atoms with van der Waals surface area (Å²) in [5, 5.41) is 11.9. The van der Waals surface area contributed by atoms with Gasteiger partial charge in [0.15, 0.2) is 0 Å². The topological polar surface area (TPSA) is 62.1 Å². The van der Waals surface area contributed by atoms with Gasteiger partial charge >= 0.3 is 5.97 Å². The number of esters is 1. The Morgan fingerprint density at radius 2 is 1.65 bits per heavy atom. The summed E-state index contributed by atoms with van der Waals surface area (Å²) < 4.78 is 4.92. The first-order valence-electron chi connectivity index (χ1n) is 6.27. The van der Waals surface area contributed by atoms with E-state index >= 15 is 0 Å². The Morgan fingerprint density at radius 1 is 1.10 bits per heavy atom. The molecule has 0 aliphatic rings. The number of nitrogens with zero attached hydrogens (tertiary/aromatic N) is 1. The van der Waals surface area contributed by atoms with Crippen molar-refractivity contribution in [2.24, 2.45) is 0 Å². The first kappa shape index (κ1) is 13.6. The third-order valence-corrected chi connectivity index (χ3v) is 2.70. The van der Waals surface area contributed by atoms with E-state index in [4.69, 9.17) is 10.00 Å². The smallest absolute Gasteiger partial charge is 0.338 e. The van der Waals surface area contributed by atoms with E-state index in [0.29, 0.717) is 17.7 Å². The largest absolute Gasteiger partial charge is 0.462 e. The maximum absolute atomic E-state index is 11.5. The molecule has 0 saturated carbocycles. The maximum atomic E-state index is 11.5. The Hall–Kier alpha value is -2.80. The van der Waals surface area contributed by atoms with Crippen molar-refractivity contribution in [3.63, 3.8) is 0 Å². The van der Waals surface area contributed by atoms with Crippen molar-refractivity contribution >= 4 is 17.3 Å². The number of hydrogen-bond donors (Lipinski definition) is 1. The highest BCUT2D eigenvalue weighted by Gasteiger charge is 2.05. The van der Waals surface area contributed by atoms with Crippen LogP contribution in [0.2, 0.25) is 0 Å². The number of carbonyl (C=O) groups excluding carboxylic acids is 1. The molecule has 0 spiro atoms. The lowest BCUT2D eigenvalue weighted by Gasteiger charge is -2.07. The average Bonchev–Trinajstić information content (AvgIpc) is 2.49. The summed E-state index contributed by atoms with van der Waals surface area (Å²) in [5.41, 5.74) is 2.89. The summed E-state index contributed by atoms with van der Waals surface area (Å²) in [7, 11) is 0. The van der Waals surface area contributed by atoms with Gasteiger partial charge in [0.25, 0.3) is 0 Å². The molecule has 2 rings (SSSR count). The van der Waals surface area contributed by atoms with Crippen LogP contribution >= 0.6 is 0 Å². The summed E-state index contributed by atoms with van der Waals surface area (Å²) in [6, 6.07) is 16.3. The van der Waals surface area contributed by atoms with Gasteiger partial charge in [-0.15, -0.1) is 0 Å². The zero-order valence-electron chi connectivity index (χ0n) is 11.1. The first-order chi connectivity index (χ1) is 9.72. The number of nitriles is 1. The van der Waals surface area contributed by atoms with E-state index in [-0.39, 0.29) is 5.97 Å². The predicted octanol–water partition coefficient (Wildman–Crippen LogP) is 3.48. The second kappa shape index (κ2) is 6.39. The van der Waals surface area contributed by atoms with Gasteiger partial charge in [-0.2, -0.15) is 5.26 Å². The Labute approximate surface area is 117 Å². The molecule has 1 N–H and O–H groups in total. The van der Waals surface area contributed by atoms with E-state index in [2.05, 4.69) is 11.4 Å². The van der Waals surface area contributed by atoms with Crippen molar-refractivity contribution in [3.05, 3.63) is 59.7 Å². The van der Waals surface area contributed by atoms with Crippen LogP contribution in [0.4, 0.5) is 11.4 Å². The zero-order chi connectivity index (χ0) is 14.4. The lowest BCUT2D eigenvalue weighted by Crippen LogP contribution is -2.04. The van der Waals surface area contributed by atoms with Crippen LogP contribution in [0.1, 0.15) is 22.8 Å². The Bertz CT molecular complexity index is 625. The Morgan fingerprint density at radius 3 is 2.15 bits per heavy atom. The van der Waals surface area contributed by atoms with Crippen molar-refractivity contribution in [3.8, 4) is 6.07 Å². The number of carbonyl (C=O) groups is 1. The van der Waals surface area contributed by atoms with Gasteiger partial charge < -0.3 is 10.1 Å². The highest BCUT2D eigenvalue weighted by atomic mass is 16.5. The summed E-state index contributed by atoms with van der Waals surface area (Å²) >= 11 is 0. The molecule has 0 aliphatic carbocycles. The monoisotopic (exact) mass is 266 g/mol. The molecule has 0 aliphatic heterocycles. The normalized spacial score (nSPS) is 9.60. The Balaban J connectivity index is 2.06. The molecule has 2 aromatic rings. The predicted molar refractivity (Wildman–Crippen MR) is 76.8 cm³/mol. The molecule has 20 heavy (non-hydrogen) atoms. The van der Waals surface area contributed by atoms with Crippen molar-refractivity contribution in [2.45, 2.75) is 6.92 Å². The van der Waals surface area contributed by atoms with E-state index in [0.717, 1.165) is 11.4 Å². The number of rotatable bonds is 4. The third kappa shape index (κ3) is 3.36. The molecule has 0 heterocycles. The molecule has 0 bridgehead atoms. The van der Waals surface area contributed by atoms with Gasteiger partial charge in [0.05, 0.1) is 23.8 Å². The molecule has 0 atom stereocenters. The highest BCUT2D eigenvalue weighted by Crippen LogP contribution is 2.17. The Kier molecular flexibility index (Phi) is 4.35. The number of anilines is 2. The van der Waals surface area contributed by atoms with E-state index in [1.807, 2.05) is 24.3 Å². The van der Waals surface area contributed by atoms with Gasteiger partial charge in [0.2, 0.25) is 0 Å². The van der Waals surface area contributed by atoms with Crippen molar-refractivity contribution in [1.82, 2.24) is 0 Å². The fourth-order valence-corrected chi connectivity index (χ4v) is 1.70. The number of ether oxygens (including phenoxy) is 1. The molecule has 100 valence electrons. The lowest BCUT2D eigenvalue weighted by atomic mass is 10.2. The van der Waals surface area contributed by atoms with Gasteiger partial charge in [0, 0.05) is 11.4 Å². The van der Waals surface area contributed by atoms with E-state index < -0.39 is 0 Å².